The first-order chi connectivity index (χ1) is 8.83. The molecule has 1 unspecified atom stereocenters. The van der Waals surface area contributed by atoms with Gasteiger partial charge in [0.2, 0.25) is 0 Å². The third-order valence-corrected chi connectivity index (χ3v) is 2.91. The van der Waals surface area contributed by atoms with E-state index in [0.717, 1.165) is 0 Å². The van der Waals surface area contributed by atoms with Crippen LogP contribution in [0.1, 0.15) is 18.5 Å². The van der Waals surface area contributed by atoms with Crippen molar-refractivity contribution >= 4 is 23.2 Å². The summed E-state index contributed by atoms with van der Waals surface area (Å²) in [6.07, 6.45) is -4.34. The van der Waals surface area contributed by atoms with Gasteiger partial charge < -0.3 is 10.1 Å². The Hall–Kier alpha value is -0.490. The van der Waals surface area contributed by atoms with E-state index < -0.39 is 18.8 Å². The molecule has 1 aromatic rings. The predicted molar refractivity (Wildman–Crippen MR) is 69.8 cm³/mol. The van der Waals surface area contributed by atoms with E-state index in [1.54, 1.807) is 18.2 Å². The minimum atomic E-state index is -4.34. The minimum Gasteiger partial charge on any atom is -0.370 e. The Bertz CT molecular complexity index is 412. The van der Waals surface area contributed by atoms with Gasteiger partial charge in [-0.3, -0.25) is 0 Å². The van der Waals surface area contributed by atoms with E-state index >= 15 is 0 Å². The number of hydrogen-bond acceptors (Lipinski definition) is 2. The molecule has 0 aromatic heterocycles. The van der Waals surface area contributed by atoms with E-state index in [-0.39, 0.29) is 6.61 Å². The summed E-state index contributed by atoms with van der Waals surface area (Å²) in [6.45, 7) is 0.999. The number of nitrogens with one attached hydrogen (secondary N) is 1. The lowest BCUT2D eigenvalue weighted by Gasteiger charge is -2.20. The van der Waals surface area contributed by atoms with Crippen LogP contribution in [0.4, 0.5) is 13.2 Å². The molecule has 0 spiro atoms. The van der Waals surface area contributed by atoms with Crippen molar-refractivity contribution in [3.8, 4) is 0 Å². The molecule has 19 heavy (non-hydrogen) atoms. The molecule has 0 heterocycles. The van der Waals surface area contributed by atoms with Gasteiger partial charge in [0.05, 0.1) is 12.6 Å². The van der Waals surface area contributed by atoms with E-state index in [0.29, 0.717) is 22.2 Å². The Morgan fingerprint density at radius 1 is 1.32 bits per heavy atom. The molecule has 0 amide bonds. The highest BCUT2D eigenvalue weighted by Crippen LogP contribution is 2.27. The van der Waals surface area contributed by atoms with E-state index in [2.05, 4.69) is 10.1 Å². The molecule has 0 aliphatic heterocycles. The summed E-state index contributed by atoms with van der Waals surface area (Å²) < 4.78 is 40.8. The number of ether oxygens (including phenoxy) is 1. The van der Waals surface area contributed by atoms with E-state index in [1.165, 1.54) is 0 Å². The lowest BCUT2D eigenvalue weighted by molar-refractivity contribution is -0.175. The summed E-state index contributed by atoms with van der Waals surface area (Å²) in [6, 6.07) is 4.41. The molecule has 1 rings (SSSR count). The van der Waals surface area contributed by atoms with Crippen LogP contribution in [0.15, 0.2) is 18.2 Å². The van der Waals surface area contributed by atoms with Crippen LogP contribution in [0, 0.1) is 0 Å². The monoisotopic (exact) mass is 315 g/mol. The van der Waals surface area contributed by atoms with Crippen molar-refractivity contribution in [1.82, 2.24) is 5.32 Å². The number of likely N-dealkylation sites (N-methyl/N-ethyl adjacent to an activating group) is 1. The Morgan fingerprint density at radius 3 is 2.58 bits per heavy atom. The fourth-order valence-electron chi connectivity index (χ4n) is 1.58. The summed E-state index contributed by atoms with van der Waals surface area (Å²) in [5.74, 6) is 0. The maximum Gasteiger partial charge on any atom is 0.411 e. The molecule has 0 aliphatic rings. The van der Waals surface area contributed by atoms with Crippen molar-refractivity contribution in [2.45, 2.75) is 19.1 Å². The van der Waals surface area contributed by atoms with Crippen molar-refractivity contribution in [2.75, 3.05) is 19.8 Å². The van der Waals surface area contributed by atoms with Crippen LogP contribution in [0.2, 0.25) is 10.0 Å². The zero-order valence-electron chi connectivity index (χ0n) is 10.2. The quantitative estimate of drug-likeness (QED) is 0.848. The molecule has 1 aromatic carbocycles. The lowest BCUT2D eigenvalue weighted by atomic mass is 10.1. The molecule has 0 aliphatic carbocycles. The first-order valence-corrected chi connectivity index (χ1v) is 6.42. The summed E-state index contributed by atoms with van der Waals surface area (Å²) in [7, 11) is 0. The highest BCUT2D eigenvalue weighted by Gasteiger charge is 2.28. The highest BCUT2D eigenvalue weighted by atomic mass is 35.5. The van der Waals surface area contributed by atoms with Gasteiger partial charge in [0.15, 0.2) is 0 Å². The van der Waals surface area contributed by atoms with Crippen molar-refractivity contribution < 1.29 is 17.9 Å². The van der Waals surface area contributed by atoms with E-state index in [9.17, 15) is 13.2 Å². The van der Waals surface area contributed by atoms with Crippen molar-refractivity contribution in [2.24, 2.45) is 0 Å². The molecule has 2 nitrogen and oxygen atoms in total. The van der Waals surface area contributed by atoms with Crippen molar-refractivity contribution in [3.63, 3.8) is 0 Å². The third kappa shape index (κ3) is 5.99. The van der Waals surface area contributed by atoms with Gasteiger partial charge in [0.1, 0.15) is 6.61 Å². The van der Waals surface area contributed by atoms with Gasteiger partial charge in [-0.1, -0.05) is 30.1 Å². The molecule has 1 atom stereocenters. The lowest BCUT2D eigenvalue weighted by Crippen LogP contribution is -2.28. The zero-order chi connectivity index (χ0) is 14.5. The molecule has 1 N–H and O–H groups in total. The predicted octanol–water partition coefficient (Wildman–Crippen LogP) is 4.22. The second kappa shape index (κ2) is 7.33. The standard InChI is InChI=1S/C12H14Cl2F3NO/c1-2-18-11(6-19-7-12(15,16)17)9-5-8(13)3-4-10(9)14/h3-5,11,18H,2,6-7H2,1H3. The molecule has 0 saturated carbocycles. The molecular formula is C12H14Cl2F3NO. The first kappa shape index (κ1) is 16.6. The minimum absolute atomic E-state index is 0.132. The maximum absolute atomic E-state index is 12.0. The van der Waals surface area contributed by atoms with Crippen LogP contribution >= 0.6 is 23.2 Å². The van der Waals surface area contributed by atoms with Gasteiger partial charge in [-0.05, 0) is 30.3 Å². The largest absolute Gasteiger partial charge is 0.411 e. The topological polar surface area (TPSA) is 21.3 Å². The first-order valence-electron chi connectivity index (χ1n) is 5.66. The van der Waals surface area contributed by atoms with E-state index in [4.69, 9.17) is 23.2 Å². The second-order valence-electron chi connectivity index (χ2n) is 3.91. The molecule has 0 bridgehead atoms. The van der Waals surface area contributed by atoms with Gasteiger partial charge in [-0.25, -0.2) is 0 Å². The molecule has 0 radical (unpaired) electrons. The maximum atomic E-state index is 12.0. The van der Waals surface area contributed by atoms with Gasteiger partial charge in [-0.2, -0.15) is 13.2 Å². The van der Waals surface area contributed by atoms with Crippen molar-refractivity contribution in [1.29, 1.82) is 0 Å². The number of benzene rings is 1. The smallest absolute Gasteiger partial charge is 0.370 e. The fraction of sp³-hybridized carbons (Fsp3) is 0.500. The van der Waals surface area contributed by atoms with Crippen LogP contribution < -0.4 is 5.32 Å². The summed E-state index contributed by atoms with van der Waals surface area (Å²) >= 11 is 11.9. The van der Waals surface area contributed by atoms with Crippen LogP contribution in [0.25, 0.3) is 0 Å². The Kier molecular flexibility index (Phi) is 6.39. The molecule has 7 heteroatoms. The van der Waals surface area contributed by atoms with E-state index in [1.807, 2.05) is 6.92 Å². The fourth-order valence-corrected chi connectivity index (χ4v) is 2.01. The van der Waals surface area contributed by atoms with Gasteiger partial charge in [0, 0.05) is 10.0 Å². The summed E-state index contributed by atoms with van der Waals surface area (Å²) in [5.41, 5.74) is 0.623. The number of hydrogen-bond donors (Lipinski definition) is 1. The number of alkyl halides is 3. The average Bonchev–Trinajstić information content (AvgIpc) is 2.30. The molecular weight excluding hydrogens is 302 g/mol. The Labute approximate surface area is 119 Å². The average molecular weight is 316 g/mol. The second-order valence-corrected chi connectivity index (χ2v) is 4.75. The normalized spacial score (nSPS) is 13.6. The van der Waals surface area contributed by atoms with Gasteiger partial charge >= 0.3 is 6.18 Å². The molecule has 0 saturated heterocycles. The Balaban J connectivity index is 2.73. The third-order valence-electron chi connectivity index (χ3n) is 2.33. The molecule has 0 fully saturated rings. The zero-order valence-corrected chi connectivity index (χ0v) is 11.7. The van der Waals surface area contributed by atoms with Crippen LogP contribution in [-0.4, -0.2) is 25.9 Å². The number of rotatable bonds is 6. The Morgan fingerprint density at radius 2 is 2.00 bits per heavy atom. The number of halogens is 5. The summed E-state index contributed by atoms with van der Waals surface area (Å²) in [5, 5.41) is 3.92. The van der Waals surface area contributed by atoms with Crippen LogP contribution in [0.5, 0.6) is 0 Å². The SMILES string of the molecule is CCNC(COCC(F)(F)F)c1cc(Cl)ccc1Cl. The highest BCUT2D eigenvalue weighted by molar-refractivity contribution is 6.33. The van der Waals surface area contributed by atoms with Gasteiger partial charge in [0.25, 0.3) is 0 Å². The summed E-state index contributed by atoms with van der Waals surface area (Å²) in [4.78, 5) is 0. The van der Waals surface area contributed by atoms with Gasteiger partial charge in [-0.15, -0.1) is 0 Å². The van der Waals surface area contributed by atoms with Crippen molar-refractivity contribution in [3.05, 3.63) is 33.8 Å². The van der Waals surface area contributed by atoms with Crippen LogP contribution in [0.3, 0.4) is 0 Å². The molecule has 108 valence electrons. The van der Waals surface area contributed by atoms with Crippen LogP contribution in [-0.2, 0) is 4.74 Å².